The zero-order valence-electron chi connectivity index (χ0n) is 25.7. The third-order valence-corrected chi connectivity index (χ3v) is 10.1. The predicted molar refractivity (Wildman–Crippen MR) is 165 cm³/mol. The summed E-state index contributed by atoms with van der Waals surface area (Å²) in [7, 11) is -6.86. The molecular weight excluding hydrogens is 680 g/mol. The Kier molecular flexibility index (Phi) is 10.7. The molecule has 0 aromatic heterocycles. The lowest BCUT2D eigenvalue weighted by molar-refractivity contribution is -0.137. The van der Waals surface area contributed by atoms with E-state index >= 15 is 0 Å². The lowest BCUT2D eigenvalue weighted by atomic mass is 9.99. The van der Waals surface area contributed by atoms with Crippen molar-refractivity contribution in [3.8, 4) is 0 Å². The fourth-order valence-corrected chi connectivity index (χ4v) is 6.59. The van der Waals surface area contributed by atoms with Crippen molar-refractivity contribution in [1.82, 2.24) is 10.2 Å². The second-order valence-electron chi connectivity index (χ2n) is 11.6. The highest BCUT2D eigenvalue weighted by atomic mass is 32.2. The van der Waals surface area contributed by atoms with Crippen LogP contribution in [0.1, 0.15) is 63.6 Å². The monoisotopic (exact) mass is 712 g/mol. The van der Waals surface area contributed by atoms with E-state index in [1.807, 2.05) is 0 Å². The van der Waals surface area contributed by atoms with Crippen molar-refractivity contribution in [2.45, 2.75) is 53.7 Å². The molecule has 0 spiro atoms. The normalized spacial score (nSPS) is 17.2. The number of carbonyl (C=O) groups is 3. The van der Waals surface area contributed by atoms with Crippen LogP contribution in [0.2, 0.25) is 0 Å². The number of hydrogen-bond acceptors (Lipinski definition) is 7. The van der Waals surface area contributed by atoms with Gasteiger partial charge in [0.25, 0.3) is 5.91 Å². The first-order valence-corrected chi connectivity index (χ1v) is 18.4. The fraction of sp³-hybridized carbons (Fsp3) is 0.344. The highest BCUT2D eigenvalue weighted by molar-refractivity contribution is 7.91. The molecule has 48 heavy (non-hydrogen) atoms. The van der Waals surface area contributed by atoms with Gasteiger partial charge in [-0.2, -0.15) is 13.2 Å². The zero-order chi connectivity index (χ0) is 35.6. The summed E-state index contributed by atoms with van der Waals surface area (Å²) in [4.78, 5) is 38.1. The van der Waals surface area contributed by atoms with Crippen LogP contribution in [0.4, 0.5) is 17.6 Å². The van der Waals surface area contributed by atoms with Gasteiger partial charge in [0.1, 0.15) is 11.9 Å². The molecule has 2 fully saturated rings. The smallest absolute Gasteiger partial charge is 0.416 e. The zero-order valence-corrected chi connectivity index (χ0v) is 27.3. The third-order valence-electron chi connectivity index (χ3n) is 7.89. The molecule has 0 radical (unpaired) electrons. The van der Waals surface area contributed by atoms with Gasteiger partial charge >= 0.3 is 12.1 Å². The van der Waals surface area contributed by atoms with E-state index in [4.69, 9.17) is 5.11 Å². The second-order valence-corrected chi connectivity index (χ2v) is 15.7. The van der Waals surface area contributed by atoms with Crippen LogP contribution in [0.3, 0.4) is 0 Å². The largest absolute Gasteiger partial charge is 0.478 e. The molecule has 1 saturated carbocycles. The first kappa shape index (κ1) is 36.5. The fourth-order valence-electron chi connectivity index (χ4n) is 5.25. The van der Waals surface area contributed by atoms with Crippen LogP contribution < -0.4 is 5.32 Å². The van der Waals surface area contributed by atoms with Crippen LogP contribution in [0.25, 0.3) is 0 Å². The number of carboxylic acids is 1. The van der Waals surface area contributed by atoms with E-state index in [0.29, 0.717) is 31.7 Å². The second kappa shape index (κ2) is 14.0. The molecule has 258 valence electrons. The maximum absolute atomic E-state index is 14.6. The third kappa shape index (κ3) is 8.98. The topological polar surface area (TPSA) is 155 Å². The molecular formula is C32H32F4N2O8S2. The van der Waals surface area contributed by atoms with Gasteiger partial charge < -0.3 is 15.3 Å². The van der Waals surface area contributed by atoms with Gasteiger partial charge in [0.05, 0.1) is 27.0 Å². The molecule has 16 heteroatoms. The number of sulfone groups is 2. The number of nitrogens with zero attached hydrogens (tertiary/aromatic N) is 1. The molecule has 2 aliphatic rings. The Bertz CT molecular complexity index is 1940. The first-order chi connectivity index (χ1) is 22.3. The summed E-state index contributed by atoms with van der Waals surface area (Å²) < 4.78 is 99.2. The first-order valence-electron chi connectivity index (χ1n) is 14.6. The maximum atomic E-state index is 14.6. The Morgan fingerprint density at radius 2 is 1.42 bits per heavy atom. The van der Waals surface area contributed by atoms with E-state index in [0.717, 1.165) is 30.7 Å². The average molecular weight is 713 g/mol. The molecule has 1 aliphatic carbocycles. The summed E-state index contributed by atoms with van der Waals surface area (Å²) >= 11 is 0. The van der Waals surface area contributed by atoms with Gasteiger partial charge in [-0.15, -0.1) is 0 Å². The Balaban J connectivity index is 0.000000336. The Morgan fingerprint density at radius 1 is 0.854 bits per heavy atom. The molecule has 1 saturated heterocycles. The quantitative estimate of drug-likeness (QED) is 0.313. The molecule has 5 rings (SSSR count). The van der Waals surface area contributed by atoms with Crippen molar-refractivity contribution in [2.75, 3.05) is 19.1 Å². The predicted octanol–water partition coefficient (Wildman–Crippen LogP) is 4.91. The van der Waals surface area contributed by atoms with Gasteiger partial charge in [-0.3, -0.25) is 9.59 Å². The Labute approximate surface area is 274 Å². The van der Waals surface area contributed by atoms with Crippen LogP contribution in [0.15, 0.2) is 76.5 Å². The number of carbonyl (C=O) groups excluding carboxylic acids is 2. The summed E-state index contributed by atoms with van der Waals surface area (Å²) in [5.74, 6) is -3.31. The number of alkyl halides is 3. The average Bonchev–Trinajstić information content (AvgIpc) is 3.73. The maximum Gasteiger partial charge on any atom is 0.416 e. The van der Waals surface area contributed by atoms with E-state index in [1.165, 1.54) is 47.4 Å². The highest BCUT2D eigenvalue weighted by Gasteiger charge is 2.40. The Hall–Kier alpha value is -4.31. The van der Waals surface area contributed by atoms with Crippen molar-refractivity contribution in [3.63, 3.8) is 0 Å². The molecule has 1 unspecified atom stereocenters. The number of hydrogen-bond donors (Lipinski definition) is 2. The van der Waals surface area contributed by atoms with E-state index in [9.17, 15) is 48.8 Å². The molecule has 1 heterocycles. The van der Waals surface area contributed by atoms with Crippen LogP contribution in [0, 0.1) is 11.7 Å². The molecule has 3 aromatic carbocycles. The van der Waals surface area contributed by atoms with Gasteiger partial charge in [0.2, 0.25) is 5.91 Å². The molecule has 3 aromatic rings. The molecule has 1 aliphatic heterocycles. The number of benzene rings is 3. The van der Waals surface area contributed by atoms with Gasteiger partial charge in [0.15, 0.2) is 19.7 Å². The summed E-state index contributed by atoms with van der Waals surface area (Å²) in [6, 6.07) is 11.4. The SMILES string of the molecule is CS(=O)(=O)c1cccc(C(=O)N2CCCC2C(=O)N[C@@H](c2ccc(C(F)(F)F)cc2F)C2CC2)c1.CS(=O)(=O)c1cccc(C(=O)O)c1. The minimum absolute atomic E-state index is 0.0184. The van der Waals surface area contributed by atoms with Crippen LogP contribution in [0.5, 0.6) is 0 Å². The van der Waals surface area contributed by atoms with E-state index in [1.54, 1.807) is 0 Å². The van der Waals surface area contributed by atoms with Gasteiger partial charge in [-0.1, -0.05) is 18.2 Å². The number of amides is 2. The molecule has 2 atom stereocenters. The van der Waals surface area contributed by atoms with Crippen molar-refractivity contribution >= 4 is 37.5 Å². The Morgan fingerprint density at radius 3 is 1.92 bits per heavy atom. The number of nitrogens with one attached hydrogen (secondary N) is 1. The van der Waals surface area contributed by atoms with Crippen molar-refractivity contribution in [2.24, 2.45) is 5.92 Å². The van der Waals surface area contributed by atoms with E-state index < -0.39 is 67.1 Å². The number of likely N-dealkylation sites (tertiary alicyclic amines) is 1. The number of carboxylic acid groups (broad SMARTS) is 1. The highest BCUT2D eigenvalue weighted by Crippen LogP contribution is 2.43. The standard InChI is InChI=1S/C24H24F4N2O4S.C8H8O4S/c1-35(33,34)17-5-2-4-15(12-17)23(32)30-11-3-6-20(30)22(31)29-21(14-7-8-14)18-10-9-16(13-19(18)25)24(26,27)28;1-13(11,12)7-4-2-3-6(5-7)8(9)10/h2,4-5,9-10,12-14,20-21H,3,6-8,11H2,1H3,(H,29,31);2-5H,1H3,(H,9,10)/t20?,21-;/m1./s1. The number of rotatable bonds is 8. The lowest BCUT2D eigenvalue weighted by Gasteiger charge is -2.27. The van der Waals surface area contributed by atoms with Gasteiger partial charge in [0, 0.05) is 30.2 Å². The lowest BCUT2D eigenvalue weighted by Crippen LogP contribution is -2.47. The van der Waals surface area contributed by atoms with E-state index in [-0.39, 0.29) is 38.9 Å². The van der Waals surface area contributed by atoms with E-state index in [2.05, 4.69) is 5.32 Å². The summed E-state index contributed by atoms with van der Waals surface area (Å²) in [6.45, 7) is 0.281. The minimum Gasteiger partial charge on any atom is -0.478 e. The minimum atomic E-state index is -4.68. The summed E-state index contributed by atoms with van der Waals surface area (Å²) in [6.07, 6.45) is -0.339. The van der Waals surface area contributed by atoms with Crippen LogP contribution in [-0.2, 0) is 30.6 Å². The van der Waals surface area contributed by atoms with Gasteiger partial charge in [-0.25, -0.2) is 26.0 Å². The molecule has 2 N–H and O–H groups in total. The summed E-state index contributed by atoms with van der Waals surface area (Å²) in [5.41, 5.74) is -1.03. The van der Waals surface area contributed by atoms with Crippen molar-refractivity contribution in [3.05, 3.63) is 94.8 Å². The number of halogens is 4. The van der Waals surface area contributed by atoms with Crippen molar-refractivity contribution in [1.29, 1.82) is 0 Å². The molecule has 10 nitrogen and oxygen atoms in total. The van der Waals surface area contributed by atoms with Crippen LogP contribution in [-0.4, -0.2) is 69.7 Å². The molecule has 2 amide bonds. The van der Waals surface area contributed by atoms with Crippen molar-refractivity contribution < 1.29 is 53.9 Å². The van der Waals surface area contributed by atoms with Gasteiger partial charge in [-0.05, 0) is 80.1 Å². The molecule has 0 bridgehead atoms. The summed E-state index contributed by atoms with van der Waals surface area (Å²) in [5, 5.41) is 11.3. The van der Waals surface area contributed by atoms with Crippen LogP contribution >= 0.6 is 0 Å². The number of aromatic carboxylic acids is 1.